The molecular weight excluding hydrogens is 382 g/mol. The molecule has 0 fully saturated rings. The number of nitrogens with one attached hydrogen (secondary N) is 1. The first-order valence-electron chi connectivity index (χ1n) is 6.26. The normalized spacial score (nSPS) is 11.4. The molecule has 0 heterocycles. The van der Waals surface area contributed by atoms with Gasteiger partial charge in [0.1, 0.15) is 0 Å². The third-order valence-corrected chi connectivity index (χ3v) is 4.59. The summed E-state index contributed by atoms with van der Waals surface area (Å²) in [6.45, 7) is 1.72. The number of carboxylic acid groups (broad SMARTS) is 1. The van der Waals surface area contributed by atoms with Gasteiger partial charge in [0.15, 0.2) is 0 Å². The van der Waals surface area contributed by atoms with Gasteiger partial charge in [0.25, 0.3) is 0 Å². The molecule has 0 bridgehead atoms. The number of carbonyl (C=O) groups excluding carboxylic acids is 1. The zero-order valence-corrected chi connectivity index (χ0v) is 14.7. The highest BCUT2D eigenvalue weighted by atomic mass is 35.5. The maximum Gasteiger partial charge on any atom is 0.0785 e. The summed E-state index contributed by atoms with van der Waals surface area (Å²) >= 11 is 23.8. The lowest BCUT2D eigenvalue weighted by Gasteiger charge is -2.10. The van der Waals surface area contributed by atoms with Crippen molar-refractivity contribution in [2.45, 2.75) is 6.92 Å². The molecule has 23 heavy (non-hydrogen) atoms. The van der Waals surface area contributed by atoms with Crippen LogP contribution >= 0.6 is 46.4 Å². The fourth-order valence-electron chi connectivity index (χ4n) is 1.77. The third-order valence-electron chi connectivity index (χ3n) is 2.96. The van der Waals surface area contributed by atoms with Crippen molar-refractivity contribution in [2.75, 3.05) is 5.43 Å². The Morgan fingerprint density at radius 1 is 1.00 bits per heavy atom. The maximum absolute atomic E-state index is 10.9. The maximum atomic E-state index is 10.9. The molecule has 0 radical (unpaired) electrons. The van der Waals surface area contributed by atoms with Crippen LogP contribution in [0.5, 0.6) is 0 Å². The summed E-state index contributed by atoms with van der Waals surface area (Å²) in [5.41, 5.74) is 4.18. The van der Waals surface area contributed by atoms with Gasteiger partial charge in [-0.2, -0.15) is 5.10 Å². The molecule has 0 unspecified atom stereocenters. The first-order valence-corrected chi connectivity index (χ1v) is 7.77. The largest absolute Gasteiger partial charge is 0.545 e. The number of benzene rings is 2. The van der Waals surface area contributed by atoms with Crippen molar-refractivity contribution < 1.29 is 9.90 Å². The van der Waals surface area contributed by atoms with Crippen molar-refractivity contribution in [1.82, 2.24) is 0 Å². The van der Waals surface area contributed by atoms with E-state index in [0.717, 1.165) is 0 Å². The van der Waals surface area contributed by atoms with Crippen molar-refractivity contribution in [1.29, 1.82) is 0 Å². The Hall–Kier alpha value is -1.46. The van der Waals surface area contributed by atoms with E-state index in [1.807, 2.05) is 0 Å². The van der Waals surface area contributed by atoms with E-state index in [2.05, 4.69) is 10.5 Å². The summed E-state index contributed by atoms with van der Waals surface area (Å²) in [7, 11) is 0. The van der Waals surface area contributed by atoms with Gasteiger partial charge in [-0.05, 0) is 31.2 Å². The van der Waals surface area contributed by atoms with Crippen LogP contribution in [0.4, 0.5) is 5.69 Å². The van der Waals surface area contributed by atoms with Gasteiger partial charge < -0.3 is 9.90 Å². The van der Waals surface area contributed by atoms with Crippen LogP contribution in [0, 0.1) is 0 Å². The zero-order chi connectivity index (χ0) is 17.1. The Kier molecular flexibility index (Phi) is 5.76. The number of hydrazone groups is 1. The average molecular weight is 391 g/mol. The Balaban J connectivity index is 2.28. The molecule has 0 atom stereocenters. The second-order valence-corrected chi connectivity index (χ2v) is 6.08. The molecule has 2 aromatic rings. The highest BCUT2D eigenvalue weighted by molar-refractivity contribution is 6.49. The van der Waals surface area contributed by atoms with Crippen LogP contribution < -0.4 is 10.5 Å². The smallest absolute Gasteiger partial charge is 0.0785 e. The van der Waals surface area contributed by atoms with Crippen molar-refractivity contribution >= 4 is 63.8 Å². The van der Waals surface area contributed by atoms with E-state index in [9.17, 15) is 9.90 Å². The van der Waals surface area contributed by atoms with Crippen molar-refractivity contribution in [2.24, 2.45) is 5.10 Å². The van der Waals surface area contributed by atoms with E-state index in [-0.39, 0.29) is 20.6 Å². The number of hydrogen-bond donors (Lipinski definition) is 1. The van der Waals surface area contributed by atoms with Crippen LogP contribution in [-0.4, -0.2) is 11.7 Å². The van der Waals surface area contributed by atoms with Gasteiger partial charge in [0, 0.05) is 16.1 Å². The molecule has 120 valence electrons. The first kappa shape index (κ1) is 17.9. The van der Waals surface area contributed by atoms with Crippen molar-refractivity contribution in [3.05, 3.63) is 61.5 Å². The van der Waals surface area contributed by atoms with Gasteiger partial charge >= 0.3 is 0 Å². The van der Waals surface area contributed by atoms with Gasteiger partial charge in [-0.15, -0.1) is 0 Å². The molecule has 0 aliphatic heterocycles. The molecule has 0 aliphatic carbocycles. The minimum absolute atomic E-state index is 0.0868. The molecule has 2 rings (SSSR count). The molecular formula is C15H9Cl4N2O2-. The van der Waals surface area contributed by atoms with Crippen LogP contribution in [0.15, 0.2) is 35.4 Å². The number of halogens is 4. The fraction of sp³-hybridized carbons (Fsp3) is 0.0667. The molecule has 0 aliphatic rings. The number of carboxylic acids is 1. The van der Waals surface area contributed by atoms with E-state index >= 15 is 0 Å². The summed E-state index contributed by atoms with van der Waals surface area (Å²) in [4.78, 5) is 10.9. The Bertz CT molecular complexity index is 806. The molecule has 0 aromatic heterocycles. The van der Waals surface area contributed by atoms with Gasteiger partial charge in [0.05, 0.1) is 32.4 Å². The lowest BCUT2D eigenvalue weighted by Crippen LogP contribution is -2.22. The molecule has 0 spiro atoms. The molecule has 4 nitrogen and oxygen atoms in total. The summed E-state index contributed by atoms with van der Waals surface area (Å²) in [5.74, 6) is -1.37. The number of rotatable bonds is 4. The molecule has 0 saturated heterocycles. The van der Waals surface area contributed by atoms with E-state index in [1.165, 1.54) is 12.1 Å². The first-order chi connectivity index (χ1) is 10.8. The summed E-state index contributed by atoms with van der Waals surface area (Å²) in [6, 6.07) is 7.64. The summed E-state index contributed by atoms with van der Waals surface area (Å²) < 4.78 is 0. The molecule has 2 aromatic carbocycles. The van der Waals surface area contributed by atoms with E-state index in [1.54, 1.807) is 25.1 Å². The van der Waals surface area contributed by atoms with Crippen molar-refractivity contribution in [3.8, 4) is 0 Å². The summed E-state index contributed by atoms with van der Waals surface area (Å²) in [6.07, 6.45) is 0. The average Bonchev–Trinajstić information content (AvgIpc) is 2.51. The minimum atomic E-state index is -1.37. The molecule has 0 amide bonds. The second kappa shape index (κ2) is 7.41. The van der Waals surface area contributed by atoms with Gasteiger partial charge in [-0.3, -0.25) is 5.43 Å². The van der Waals surface area contributed by atoms with Crippen LogP contribution in [0.25, 0.3) is 0 Å². The third kappa shape index (κ3) is 4.09. The molecule has 0 saturated carbocycles. The van der Waals surface area contributed by atoms with Crippen LogP contribution in [-0.2, 0) is 0 Å². The fourth-order valence-corrected chi connectivity index (χ4v) is 2.63. The SMILES string of the molecule is C/C(=N/Nc1ccc(Cl)c(C(=O)[O-])c1)c1ccc(Cl)c(Cl)c1Cl. The highest BCUT2D eigenvalue weighted by Crippen LogP contribution is 2.33. The second-order valence-electron chi connectivity index (χ2n) is 4.51. The van der Waals surface area contributed by atoms with Gasteiger partial charge in [-0.1, -0.05) is 52.5 Å². The standard InChI is InChI=1S/C15H10Cl4N2O2/c1-7(9-3-5-12(17)14(19)13(9)18)20-21-8-2-4-11(16)10(6-8)15(22)23/h2-6,21H,1H3,(H,22,23)/p-1/b20-7-. The van der Waals surface area contributed by atoms with E-state index in [0.29, 0.717) is 22.0 Å². The van der Waals surface area contributed by atoms with Gasteiger partial charge in [0.2, 0.25) is 0 Å². The molecule has 8 heteroatoms. The van der Waals surface area contributed by atoms with E-state index in [4.69, 9.17) is 46.4 Å². The summed E-state index contributed by atoms with van der Waals surface area (Å²) in [5, 5.41) is 16.1. The number of nitrogens with zero attached hydrogens (tertiary/aromatic N) is 1. The van der Waals surface area contributed by atoms with Crippen molar-refractivity contribution in [3.63, 3.8) is 0 Å². The lowest BCUT2D eigenvalue weighted by atomic mass is 10.1. The number of aromatic carboxylic acids is 1. The van der Waals surface area contributed by atoms with E-state index < -0.39 is 5.97 Å². The van der Waals surface area contributed by atoms with Gasteiger partial charge in [-0.25, -0.2) is 0 Å². The number of carbonyl (C=O) groups is 1. The Labute approximate surface area is 152 Å². The lowest BCUT2D eigenvalue weighted by molar-refractivity contribution is -0.255. The number of anilines is 1. The predicted molar refractivity (Wildman–Crippen MR) is 93.1 cm³/mol. The monoisotopic (exact) mass is 389 g/mol. The Morgan fingerprint density at radius 3 is 2.30 bits per heavy atom. The minimum Gasteiger partial charge on any atom is -0.545 e. The number of hydrogen-bond acceptors (Lipinski definition) is 4. The predicted octanol–water partition coefficient (Wildman–Crippen LogP) is 4.50. The van der Waals surface area contributed by atoms with Crippen LogP contribution in [0.1, 0.15) is 22.8 Å². The zero-order valence-electron chi connectivity index (χ0n) is 11.7. The van der Waals surface area contributed by atoms with Crippen LogP contribution in [0.3, 0.4) is 0 Å². The molecule has 1 N–H and O–H groups in total. The topological polar surface area (TPSA) is 64.5 Å². The Morgan fingerprint density at radius 2 is 1.65 bits per heavy atom. The highest BCUT2D eigenvalue weighted by Gasteiger charge is 2.11. The van der Waals surface area contributed by atoms with Crippen LogP contribution in [0.2, 0.25) is 20.1 Å². The quantitative estimate of drug-likeness (QED) is 0.474.